The van der Waals surface area contributed by atoms with Crippen molar-refractivity contribution in [2.24, 2.45) is 0 Å². The SMILES string of the molecule is CNc1ncnc(NN2CCCCC2)c1C(C)C. The molecule has 1 aliphatic heterocycles. The third-order valence-corrected chi connectivity index (χ3v) is 3.32. The number of anilines is 2. The highest BCUT2D eigenvalue weighted by Gasteiger charge is 2.17. The lowest BCUT2D eigenvalue weighted by atomic mass is 10.0. The average molecular weight is 249 g/mol. The van der Waals surface area contributed by atoms with Crippen LogP contribution in [0.5, 0.6) is 0 Å². The maximum absolute atomic E-state index is 4.40. The lowest BCUT2D eigenvalue weighted by molar-refractivity contribution is 0.272. The summed E-state index contributed by atoms with van der Waals surface area (Å²) >= 11 is 0. The number of nitrogens with zero attached hydrogens (tertiary/aromatic N) is 3. The molecule has 1 aromatic heterocycles. The normalized spacial score (nSPS) is 16.9. The second-order valence-electron chi connectivity index (χ2n) is 5.05. The Bertz CT molecular complexity index is 385. The van der Waals surface area contributed by atoms with Gasteiger partial charge in [0.1, 0.15) is 18.0 Å². The molecule has 18 heavy (non-hydrogen) atoms. The predicted molar refractivity (Wildman–Crippen MR) is 74.7 cm³/mol. The molecule has 1 aromatic rings. The third kappa shape index (κ3) is 2.90. The van der Waals surface area contributed by atoms with Gasteiger partial charge in [0.2, 0.25) is 0 Å². The highest BCUT2D eigenvalue weighted by atomic mass is 15.5. The fourth-order valence-electron chi connectivity index (χ4n) is 2.39. The van der Waals surface area contributed by atoms with Crippen LogP contribution in [0.1, 0.15) is 44.6 Å². The maximum Gasteiger partial charge on any atom is 0.149 e. The van der Waals surface area contributed by atoms with E-state index in [9.17, 15) is 0 Å². The minimum absolute atomic E-state index is 0.390. The van der Waals surface area contributed by atoms with Gasteiger partial charge in [-0.05, 0) is 18.8 Å². The Labute approximate surface area is 109 Å². The first-order chi connectivity index (χ1) is 8.72. The summed E-state index contributed by atoms with van der Waals surface area (Å²) in [7, 11) is 1.90. The van der Waals surface area contributed by atoms with Gasteiger partial charge in [0, 0.05) is 25.7 Å². The third-order valence-electron chi connectivity index (χ3n) is 3.32. The number of nitrogens with one attached hydrogen (secondary N) is 2. The van der Waals surface area contributed by atoms with E-state index >= 15 is 0 Å². The molecule has 0 aliphatic carbocycles. The standard InChI is InChI=1S/C13H23N5/c1-10(2)11-12(14-3)15-9-16-13(11)17-18-7-5-4-6-8-18/h9-10H,4-8H2,1-3H3,(H2,14,15,16,17). The molecule has 0 unspecified atom stereocenters. The molecule has 1 fully saturated rings. The topological polar surface area (TPSA) is 53.1 Å². The highest BCUT2D eigenvalue weighted by Crippen LogP contribution is 2.28. The van der Waals surface area contributed by atoms with E-state index in [2.05, 4.69) is 39.6 Å². The van der Waals surface area contributed by atoms with Crippen molar-refractivity contribution in [1.82, 2.24) is 15.0 Å². The monoisotopic (exact) mass is 249 g/mol. The van der Waals surface area contributed by atoms with Crippen LogP contribution in [0.2, 0.25) is 0 Å². The van der Waals surface area contributed by atoms with Crippen LogP contribution in [0, 0.1) is 0 Å². The smallest absolute Gasteiger partial charge is 0.149 e. The molecule has 5 nitrogen and oxygen atoms in total. The summed E-state index contributed by atoms with van der Waals surface area (Å²) in [6, 6.07) is 0. The van der Waals surface area contributed by atoms with E-state index in [1.165, 1.54) is 19.3 Å². The van der Waals surface area contributed by atoms with Crippen molar-refractivity contribution in [3.05, 3.63) is 11.9 Å². The lowest BCUT2D eigenvalue weighted by Gasteiger charge is -2.29. The molecule has 0 amide bonds. The van der Waals surface area contributed by atoms with E-state index in [-0.39, 0.29) is 0 Å². The van der Waals surface area contributed by atoms with E-state index in [1.807, 2.05) is 7.05 Å². The number of hydrazine groups is 1. The molecule has 2 heterocycles. The Morgan fingerprint density at radius 1 is 1.11 bits per heavy atom. The van der Waals surface area contributed by atoms with Crippen molar-refractivity contribution >= 4 is 11.6 Å². The van der Waals surface area contributed by atoms with E-state index in [1.54, 1.807) is 6.33 Å². The minimum Gasteiger partial charge on any atom is -0.373 e. The fraction of sp³-hybridized carbons (Fsp3) is 0.692. The molecule has 0 saturated carbocycles. The van der Waals surface area contributed by atoms with Crippen molar-refractivity contribution in [2.75, 3.05) is 30.9 Å². The molecular weight excluding hydrogens is 226 g/mol. The lowest BCUT2D eigenvalue weighted by Crippen LogP contribution is -2.35. The van der Waals surface area contributed by atoms with Crippen LogP contribution in [-0.4, -0.2) is 35.1 Å². The van der Waals surface area contributed by atoms with Crippen LogP contribution in [0.15, 0.2) is 6.33 Å². The molecule has 1 aliphatic rings. The Morgan fingerprint density at radius 3 is 2.39 bits per heavy atom. The van der Waals surface area contributed by atoms with Crippen molar-refractivity contribution < 1.29 is 0 Å². The Kier molecular flexibility index (Phi) is 4.36. The number of aromatic nitrogens is 2. The van der Waals surface area contributed by atoms with E-state index in [0.717, 1.165) is 30.3 Å². The Balaban J connectivity index is 2.20. The maximum atomic E-state index is 4.40. The minimum atomic E-state index is 0.390. The zero-order chi connectivity index (χ0) is 13.0. The van der Waals surface area contributed by atoms with Crippen LogP contribution in [0.3, 0.4) is 0 Å². The molecule has 0 bridgehead atoms. The molecule has 2 N–H and O–H groups in total. The molecule has 0 radical (unpaired) electrons. The van der Waals surface area contributed by atoms with Crippen molar-refractivity contribution in [2.45, 2.75) is 39.0 Å². The average Bonchev–Trinajstić information content (AvgIpc) is 2.39. The van der Waals surface area contributed by atoms with Gasteiger partial charge in [-0.15, -0.1) is 0 Å². The van der Waals surface area contributed by atoms with Crippen LogP contribution < -0.4 is 10.7 Å². The summed E-state index contributed by atoms with van der Waals surface area (Å²) < 4.78 is 0. The van der Waals surface area contributed by atoms with Crippen LogP contribution in [-0.2, 0) is 0 Å². The number of hydrogen-bond acceptors (Lipinski definition) is 5. The van der Waals surface area contributed by atoms with Crippen molar-refractivity contribution in [3.63, 3.8) is 0 Å². The molecule has 5 heteroatoms. The van der Waals surface area contributed by atoms with E-state index in [0.29, 0.717) is 5.92 Å². The van der Waals surface area contributed by atoms with E-state index in [4.69, 9.17) is 0 Å². The predicted octanol–water partition coefficient (Wildman–Crippen LogP) is 2.45. The Morgan fingerprint density at radius 2 is 1.78 bits per heavy atom. The first-order valence-electron chi connectivity index (χ1n) is 6.76. The zero-order valence-corrected chi connectivity index (χ0v) is 11.5. The van der Waals surface area contributed by atoms with Gasteiger partial charge in [-0.25, -0.2) is 15.0 Å². The molecule has 0 spiro atoms. The summed E-state index contributed by atoms with van der Waals surface area (Å²) in [4.78, 5) is 8.69. The quantitative estimate of drug-likeness (QED) is 0.858. The van der Waals surface area contributed by atoms with Gasteiger partial charge < -0.3 is 10.7 Å². The Hall–Kier alpha value is -1.36. The number of rotatable bonds is 4. The number of piperidine rings is 1. The van der Waals surface area contributed by atoms with Gasteiger partial charge >= 0.3 is 0 Å². The first-order valence-corrected chi connectivity index (χ1v) is 6.76. The van der Waals surface area contributed by atoms with Gasteiger partial charge in [-0.1, -0.05) is 20.3 Å². The largest absolute Gasteiger partial charge is 0.373 e. The molecule has 0 atom stereocenters. The van der Waals surface area contributed by atoms with E-state index < -0.39 is 0 Å². The molecule has 1 saturated heterocycles. The zero-order valence-electron chi connectivity index (χ0n) is 11.5. The number of hydrogen-bond donors (Lipinski definition) is 2. The van der Waals surface area contributed by atoms with Gasteiger partial charge in [0.15, 0.2) is 0 Å². The molecular formula is C13H23N5. The summed E-state index contributed by atoms with van der Waals surface area (Å²) in [6.07, 6.45) is 5.46. The van der Waals surface area contributed by atoms with Crippen molar-refractivity contribution in [3.8, 4) is 0 Å². The van der Waals surface area contributed by atoms with Crippen LogP contribution in [0.25, 0.3) is 0 Å². The van der Waals surface area contributed by atoms with Gasteiger partial charge in [-0.2, -0.15) is 0 Å². The second kappa shape index (κ2) is 6.00. The summed E-state index contributed by atoms with van der Waals surface area (Å²) in [6.45, 7) is 6.52. The fourth-order valence-corrected chi connectivity index (χ4v) is 2.39. The molecule has 100 valence electrons. The first kappa shape index (κ1) is 13.1. The van der Waals surface area contributed by atoms with Gasteiger partial charge in [0.25, 0.3) is 0 Å². The summed E-state index contributed by atoms with van der Waals surface area (Å²) in [5.74, 6) is 2.24. The summed E-state index contributed by atoms with van der Waals surface area (Å²) in [5.41, 5.74) is 4.61. The van der Waals surface area contributed by atoms with Crippen LogP contribution >= 0.6 is 0 Å². The van der Waals surface area contributed by atoms with Gasteiger partial charge in [0.05, 0.1) is 0 Å². The van der Waals surface area contributed by atoms with Gasteiger partial charge in [-0.3, -0.25) is 0 Å². The molecule has 2 rings (SSSR count). The highest BCUT2D eigenvalue weighted by molar-refractivity contribution is 5.58. The van der Waals surface area contributed by atoms with Crippen molar-refractivity contribution in [1.29, 1.82) is 0 Å². The summed E-state index contributed by atoms with van der Waals surface area (Å²) in [5, 5.41) is 5.41. The second-order valence-corrected chi connectivity index (χ2v) is 5.05. The molecule has 0 aromatic carbocycles. The van der Waals surface area contributed by atoms with Crippen LogP contribution in [0.4, 0.5) is 11.6 Å².